The average Bonchev–Trinajstić information content (AvgIpc) is 2.17. The average molecular weight is 191 g/mol. The number of benzene rings is 1. The number of carbonyl (C=O) groups excluding carboxylic acids is 2. The van der Waals surface area contributed by atoms with E-state index < -0.39 is 11.6 Å². The molecule has 4 heteroatoms. The van der Waals surface area contributed by atoms with Gasteiger partial charge in [0.05, 0.1) is 17.2 Å². The molecule has 0 fully saturated rings. The fourth-order valence-corrected chi connectivity index (χ4v) is 1.18. The normalized spacial score (nSPS) is 9.21. The summed E-state index contributed by atoms with van der Waals surface area (Å²) >= 11 is 0. The summed E-state index contributed by atoms with van der Waals surface area (Å²) in [4.78, 5) is 21.6. The first-order valence-corrected chi connectivity index (χ1v) is 3.80. The highest BCUT2D eigenvalue weighted by atomic mass is 19.1. The third-order valence-electron chi connectivity index (χ3n) is 1.78. The second-order valence-corrected chi connectivity index (χ2v) is 2.67. The number of ketones is 1. The van der Waals surface area contributed by atoms with E-state index in [4.69, 9.17) is 5.26 Å². The van der Waals surface area contributed by atoms with Crippen molar-refractivity contribution >= 4 is 12.1 Å². The number of carbonyl (C=O) groups is 2. The lowest BCUT2D eigenvalue weighted by molar-refractivity contribution is 0.100. The van der Waals surface area contributed by atoms with Crippen molar-refractivity contribution in [2.75, 3.05) is 0 Å². The van der Waals surface area contributed by atoms with Gasteiger partial charge < -0.3 is 0 Å². The van der Waals surface area contributed by atoms with Gasteiger partial charge in [0, 0.05) is 5.56 Å². The van der Waals surface area contributed by atoms with E-state index in [1.807, 2.05) is 0 Å². The van der Waals surface area contributed by atoms with Gasteiger partial charge in [0.25, 0.3) is 0 Å². The first-order valence-electron chi connectivity index (χ1n) is 3.80. The molecule has 1 rings (SSSR count). The summed E-state index contributed by atoms with van der Waals surface area (Å²) in [7, 11) is 0. The van der Waals surface area contributed by atoms with Crippen molar-refractivity contribution in [1.29, 1.82) is 5.26 Å². The van der Waals surface area contributed by atoms with Crippen LogP contribution in [0.15, 0.2) is 12.1 Å². The second-order valence-electron chi connectivity index (χ2n) is 2.67. The van der Waals surface area contributed by atoms with Gasteiger partial charge in [-0.25, -0.2) is 4.39 Å². The number of aldehydes is 1. The lowest BCUT2D eigenvalue weighted by Gasteiger charge is -2.03. The molecule has 0 atom stereocenters. The molecule has 1 aromatic rings. The van der Waals surface area contributed by atoms with Crippen LogP contribution in [-0.4, -0.2) is 12.1 Å². The van der Waals surface area contributed by atoms with Crippen LogP contribution in [-0.2, 0) is 0 Å². The Morgan fingerprint density at radius 3 is 2.64 bits per heavy atom. The van der Waals surface area contributed by atoms with Crippen LogP contribution in [0.5, 0.6) is 0 Å². The molecule has 70 valence electrons. The quantitative estimate of drug-likeness (QED) is 0.528. The molecule has 0 unspecified atom stereocenters. The lowest BCUT2D eigenvalue weighted by Crippen LogP contribution is -2.05. The summed E-state index contributed by atoms with van der Waals surface area (Å²) in [6.07, 6.45) is 0.243. The van der Waals surface area contributed by atoms with Crippen molar-refractivity contribution in [2.24, 2.45) is 0 Å². The maximum Gasteiger partial charge on any atom is 0.161 e. The SMILES string of the molecule is CC(=O)c1c(C#N)ccc(F)c1C=O. The summed E-state index contributed by atoms with van der Waals surface area (Å²) in [5.41, 5.74) is -0.486. The van der Waals surface area contributed by atoms with E-state index in [0.29, 0.717) is 0 Å². The van der Waals surface area contributed by atoms with Crippen LogP contribution in [0.3, 0.4) is 0 Å². The monoisotopic (exact) mass is 191 g/mol. The molecule has 0 heterocycles. The fourth-order valence-electron chi connectivity index (χ4n) is 1.18. The van der Waals surface area contributed by atoms with Gasteiger partial charge in [0.15, 0.2) is 12.1 Å². The molecule has 0 spiro atoms. The number of rotatable bonds is 2. The van der Waals surface area contributed by atoms with Crippen LogP contribution in [0, 0.1) is 17.1 Å². The molecule has 0 bridgehead atoms. The first-order chi connectivity index (χ1) is 6.61. The van der Waals surface area contributed by atoms with Gasteiger partial charge in [-0.15, -0.1) is 0 Å². The molecule has 0 radical (unpaired) electrons. The molecule has 3 nitrogen and oxygen atoms in total. The maximum absolute atomic E-state index is 13.0. The Labute approximate surface area is 79.8 Å². The van der Waals surface area contributed by atoms with Crippen LogP contribution in [0.25, 0.3) is 0 Å². The largest absolute Gasteiger partial charge is 0.298 e. The predicted molar refractivity (Wildman–Crippen MR) is 46.5 cm³/mol. The Kier molecular flexibility index (Phi) is 2.73. The highest BCUT2D eigenvalue weighted by molar-refractivity contribution is 6.03. The van der Waals surface area contributed by atoms with Crippen molar-refractivity contribution < 1.29 is 14.0 Å². The van der Waals surface area contributed by atoms with Crippen molar-refractivity contribution in [3.8, 4) is 6.07 Å². The summed E-state index contributed by atoms with van der Waals surface area (Å²) < 4.78 is 13.0. The summed E-state index contributed by atoms with van der Waals surface area (Å²) in [5.74, 6) is -1.28. The molecule has 0 aromatic heterocycles. The lowest BCUT2D eigenvalue weighted by atomic mass is 9.99. The molecular weight excluding hydrogens is 185 g/mol. The zero-order valence-electron chi connectivity index (χ0n) is 7.37. The van der Waals surface area contributed by atoms with Gasteiger partial charge in [0.2, 0.25) is 0 Å². The second kappa shape index (κ2) is 3.79. The predicted octanol–water partition coefficient (Wildman–Crippen LogP) is 1.71. The van der Waals surface area contributed by atoms with Crippen LogP contribution in [0.1, 0.15) is 33.2 Å². The van der Waals surface area contributed by atoms with Gasteiger partial charge in [-0.05, 0) is 19.1 Å². The third-order valence-corrected chi connectivity index (χ3v) is 1.78. The smallest absolute Gasteiger partial charge is 0.161 e. The van der Waals surface area contributed by atoms with E-state index in [2.05, 4.69) is 0 Å². The Morgan fingerprint density at radius 1 is 1.57 bits per heavy atom. The molecule has 0 saturated heterocycles. The van der Waals surface area contributed by atoms with Gasteiger partial charge in [-0.3, -0.25) is 9.59 Å². The highest BCUT2D eigenvalue weighted by Gasteiger charge is 2.16. The van der Waals surface area contributed by atoms with E-state index in [-0.39, 0.29) is 23.0 Å². The number of halogens is 1. The number of Topliss-reactive ketones (excluding diaryl/α,β-unsaturated/α-hetero) is 1. The van der Waals surface area contributed by atoms with Crippen molar-refractivity contribution in [3.05, 3.63) is 34.6 Å². The molecule has 0 amide bonds. The standard InChI is InChI=1S/C10H6FNO2/c1-6(14)10-7(4-12)2-3-9(11)8(10)5-13/h2-3,5H,1H3. The van der Waals surface area contributed by atoms with Crippen molar-refractivity contribution in [3.63, 3.8) is 0 Å². The molecule has 0 aliphatic rings. The van der Waals surface area contributed by atoms with E-state index in [1.54, 1.807) is 6.07 Å². The Bertz CT molecular complexity index is 446. The summed E-state index contributed by atoms with van der Waals surface area (Å²) in [6.45, 7) is 1.18. The minimum Gasteiger partial charge on any atom is -0.298 e. The van der Waals surface area contributed by atoms with Gasteiger partial charge in [-0.2, -0.15) is 5.26 Å². The number of nitriles is 1. The summed E-state index contributed by atoms with van der Waals surface area (Å²) in [6, 6.07) is 3.91. The molecule has 0 saturated carbocycles. The topological polar surface area (TPSA) is 57.9 Å². The zero-order chi connectivity index (χ0) is 10.7. The first kappa shape index (κ1) is 10.1. The number of nitrogens with zero attached hydrogens (tertiary/aromatic N) is 1. The highest BCUT2D eigenvalue weighted by Crippen LogP contribution is 2.16. The van der Waals surface area contributed by atoms with Gasteiger partial charge >= 0.3 is 0 Å². The maximum atomic E-state index is 13.0. The van der Waals surface area contributed by atoms with Gasteiger partial charge in [0.1, 0.15) is 5.82 Å². The van der Waals surface area contributed by atoms with Crippen LogP contribution < -0.4 is 0 Å². The van der Waals surface area contributed by atoms with Crippen LogP contribution in [0.4, 0.5) is 4.39 Å². The minimum atomic E-state index is -0.788. The van der Waals surface area contributed by atoms with E-state index in [9.17, 15) is 14.0 Å². The van der Waals surface area contributed by atoms with Gasteiger partial charge in [-0.1, -0.05) is 0 Å². The zero-order valence-corrected chi connectivity index (χ0v) is 7.37. The summed E-state index contributed by atoms with van der Waals surface area (Å²) in [5, 5.41) is 8.64. The minimum absolute atomic E-state index is 0.0148. The Hall–Kier alpha value is -2.02. The number of hydrogen-bond donors (Lipinski definition) is 0. The third kappa shape index (κ3) is 1.52. The fraction of sp³-hybridized carbons (Fsp3) is 0.100. The molecule has 1 aromatic carbocycles. The molecular formula is C10H6FNO2. The molecule has 0 aliphatic carbocycles. The van der Waals surface area contributed by atoms with Crippen molar-refractivity contribution in [2.45, 2.75) is 6.92 Å². The number of hydrogen-bond acceptors (Lipinski definition) is 3. The van der Waals surface area contributed by atoms with E-state index in [1.165, 1.54) is 13.0 Å². The van der Waals surface area contributed by atoms with Crippen molar-refractivity contribution in [1.82, 2.24) is 0 Å². The molecule has 0 aliphatic heterocycles. The Morgan fingerprint density at radius 2 is 2.21 bits per heavy atom. The molecule has 0 N–H and O–H groups in total. The van der Waals surface area contributed by atoms with Crippen LogP contribution in [0.2, 0.25) is 0 Å². The Balaban J connectivity index is 3.62. The van der Waals surface area contributed by atoms with Crippen LogP contribution >= 0.6 is 0 Å². The van der Waals surface area contributed by atoms with E-state index >= 15 is 0 Å². The van der Waals surface area contributed by atoms with E-state index in [0.717, 1.165) is 6.07 Å². The molecule has 14 heavy (non-hydrogen) atoms.